The van der Waals surface area contributed by atoms with E-state index in [1.807, 2.05) is 12.4 Å². The van der Waals surface area contributed by atoms with Crippen molar-refractivity contribution in [3.8, 4) is 0 Å². The van der Waals surface area contributed by atoms with Gasteiger partial charge in [-0.25, -0.2) is 0 Å². The van der Waals surface area contributed by atoms with Crippen molar-refractivity contribution in [2.45, 2.75) is 83.5 Å². The Labute approximate surface area is 179 Å². The molecule has 30 heavy (non-hydrogen) atoms. The number of esters is 1. The summed E-state index contributed by atoms with van der Waals surface area (Å²) in [7, 11) is 0. The molecule has 6 rings (SSSR count). The zero-order valence-electron chi connectivity index (χ0n) is 18.4. The molecule has 4 fully saturated rings. The second-order valence-corrected chi connectivity index (χ2v) is 11.1. The third-order valence-electron chi connectivity index (χ3n) is 9.93. The van der Waals surface area contributed by atoms with Crippen molar-refractivity contribution < 1.29 is 14.3 Å². The molecule has 0 radical (unpaired) electrons. The van der Waals surface area contributed by atoms with Crippen LogP contribution in [0.15, 0.2) is 30.6 Å². The molecule has 0 aromatic carbocycles. The van der Waals surface area contributed by atoms with Crippen molar-refractivity contribution in [2.75, 3.05) is 0 Å². The van der Waals surface area contributed by atoms with Crippen molar-refractivity contribution in [3.63, 3.8) is 0 Å². The lowest BCUT2D eigenvalue weighted by Gasteiger charge is -2.59. The predicted molar refractivity (Wildman–Crippen MR) is 114 cm³/mol. The highest BCUT2D eigenvalue weighted by molar-refractivity contribution is 5.72. The summed E-state index contributed by atoms with van der Waals surface area (Å²) >= 11 is 0. The fraction of sp³-hybridized carbons (Fsp3) is 0.692. The summed E-state index contributed by atoms with van der Waals surface area (Å²) in [6.45, 7) is 6.54. The summed E-state index contributed by atoms with van der Waals surface area (Å²) in [5.41, 5.74) is 3.26. The maximum Gasteiger partial charge on any atom is 0.302 e. The second kappa shape index (κ2) is 6.18. The zero-order chi connectivity index (χ0) is 20.7. The number of carbonyl (C=O) groups excluding carboxylic acids is 1. The summed E-state index contributed by atoms with van der Waals surface area (Å²) in [6.07, 6.45) is 14.7. The Kier molecular flexibility index (Phi) is 3.92. The number of nitrogens with zero attached hydrogens (tertiary/aromatic N) is 1. The highest BCUT2D eigenvalue weighted by Crippen LogP contribution is 2.74. The van der Waals surface area contributed by atoms with Crippen LogP contribution < -0.4 is 0 Å². The van der Waals surface area contributed by atoms with Crippen LogP contribution in [0.5, 0.6) is 0 Å². The predicted octanol–water partition coefficient (Wildman–Crippen LogP) is 5.18. The second-order valence-electron chi connectivity index (χ2n) is 11.1. The summed E-state index contributed by atoms with van der Waals surface area (Å²) in [6, 6.07) is 4.29. The molecule has 8 unspecified atom stereocenters. The van der Waals surface area contributed by atoms with Crippen LogP contribution in [-0.4, -0.2) is 28.8 Å². The van der Waals surface area contributed by atoms with E-state index >= 15 is 0 Å². The molecule has 1 aliphatic heterocycles. The van der Waals surface area contributed by atoms with E-state index in [0.29, 0.717) is 17.9 Å². The molecule has 160 valence electrons. The number of epoxide rings is 1. The first kappa shape index (κ1) is 19.0. The lowest BCUT2D eigenvalue weighted by atomic mass is 9.44. The van der Waals surface area contributed by atoms with E-state index in [1.165, 1.54) is 43.7 Å². The van der Waals surface area contributed by atoms with E-state index in [9.17, 15) is 4.79 Å². The first-order chi connectivity index (χ1) is 14.4. The summed E-state index contributed by atoms with van der Waals surface area (Å²) < 4.78 is 12.2. The molecule has 8 atom stereocenters. The Hall–Kier alpha value is -1.68. The number of ether oxygens (including phenoxy) is 2. The van der Waals surface area contributed by atoms with Crippen molar-refractivity contribution in [3.05, 3.63) is 36.2 Å². The lowest BCUT2D eigenvalue weighted by molar-refractivity contribution is -0.156. The average Bonchev–Trinajstić information content (AvgIpc) is 3.29. The molecular weight excluding hydrogens is 374 g/mol. The van der Waals surface area contributed by atoms with E-state index in [1.54, 1.807) is 0 Å². The van der Waals surface area contributed by atoms with Gasteiger partial charge in [0.1, 0.15) is 11.7 Å². The Morgan fingerprint density at radius 3 is 2.87 bits per heavy atom. The maximum absolute atomic E-state index is 11.5. The Balaban J connectivity index is 1.28. The monoisotopic (exact) mass is 407 g/mol. The van der Waals surface area contributed by atoms with E-state index < -0.39 is 0 Å². The number of carbonyl (C=O) groups is 1. The molecule has 4 nitrogen and oxygen atoms in total. The number of hydrogen-bond donors (Lipinski definition) is 0. The highest BCUT2D eigenvalue weighted by atomic mass is 16.6. The SMILES string of the molecule is CC(=O)OC1CCC2(C)C3CCC4(C)C(c5cccnc5)=CCC4C3CC3OC32C1. The molecule has 1 spiro atoms. The first-order valence-electron chi connectivity index (χ1n) is 11.8. The Bertz CT molecular complexity index is 912. The van der Waals surface area contributed by atoms with Gasteiger partial charge in [0, 0.05) is 31.2 Å². The molecule has 1 aromatic heterocycles. The van der Waals surface area contributed by atoms with Crippen molar-refractivity contribution in [2.24, 2.45) is 28.6 Å². The number of allylic oxidation sites excluding steroid dienone is 2. The van der Waals surface area contributed by atoms with Crippen LogP contribution in [0.1, 0.15) is 71.3 Å². The van der Waals surface area contributed by atoms with Gasteiger partial charge in [0.25, 0.3) is 0 Å². The minimum atomic E-state index is -0.153. The molecule has 3 saturated carbocycles. The van der Waals surface area contributed by atoms with Gasteiger partial charge < -0.3 is 9.47 Å². The van der Waals surface area contributed by atoms with Crippen LogP contribution in [0, 0.1) is 28.6 Å². The van der Waals surface area contributed by atoms with Crippen molar-refractivity contribution in [1.29, 1.82) is 0 Å². The van der Waals surface area contributed by atoms with Gasteiger partial charge in [0.15, 0.2) is 0 Å². The minimum Gasteiger partial charge on any atom is -0.462 e. The van der Waals surface area contributed by atoms with Gasteiger partial charge in [0.2, 0.25) is 0 Å². The molecule has 4 heteroatoms. The molecule has 1 aromatic rings. The molecule has 0 bridgehead atoms. The van der Waals surface area contributed by atoms with E-state index in [0.717, 1.165) is 25.2 Å². The van der Waals surface area contributed by atoms with Crippen molar-refractivity contribution >= 4 is 11.5 Å². The fourth-order valence-corrected chi connectivity index (χ4v) is 8.51. The van der Waals surface area contributed by atoms with Crippen LogP contribution in [0.25, 0.3) is 5.57 Å². The maximum atomic E-state index is 11.5. The molecule has 1 saturated heterocycles. The van der Waals surface area contributed by atoms with Gasteiger partial charge in [-0.3, -0.25) is 9.78 Å². The number of rotatable bonds is 2. The number of aromatic nitrogens is 1. The van der Waals surface area contributed by atoms with Gasteiger partial charge in [-0.05, 0) is 78.9 Å². The van der Waals surface area contributed by atoms with Crippen LogP contribution in [0.2, 0.25) is 0 Å². The van der Waals surface area contributed by atoms with E-state index in [-0.39, 0.29) is 28.5 Å². The smallest absolute Gasteiger partial charge is 0.302 e. The topological polar surface area (TPSA) is 51.7 Å². The molecular formula is C26H33NO3. The van der Waals surface area contributed by atoms with Gasteiger partial charge in [0.05, 0.1) is 6.10 Å². The lowest BCUT2D eigenvalue weighted by Crippen LogP contribution is -2.58. The molecule has 0 N–H and O–H groups in total. The molecule has 2 heterocycles. The quantitative estimate of drug-likeness (QED) is 0.501. The summed E-state index contributed by atoms with van der Waals surface area (Å²) in [5, 5.41) is 0. The normalized spacial score (nSPS) is 48.5. The average molecular weight is 408 g/mol. The fourth-order valence-electron chi connectivity index (χ4n) is 8.51. The zero-order valence-corrected chi connectivity index (χ0v) is 18.4. The minimum absolute atomic E-state index is 0.0383. The third kappa shape index (κ3) is 2.37. The van der Waals surface area contributed by atoms with Crippen LogP contribution in [-0.2, 0) is 14.3 Å². The van der Waals surface area contributed by atoms with Gasteiger partial charge in [-0.15, -0.1) is 0 Å². The Morgan fingerprint density at radius 1 is 1.23 bits per heavy atom. The molecule has 5 aliphatic rings. The standard InChI is InChI=1S/C26H33NO3/c1-16(28)29-18-8-11-25(3)22-9-10-24(2)20(17-5-4-12-27-15-17)6-7-21(24)19(22)13-23-26(25,14-18)30-23/h4-6,12,15,18-19,21-23H,7-11,13-14H2,1-3H3. The summed E-state index contributed by atoms with van der Waals surface area (Å²) in [4.78, 5) is 15.9. The number of fused-ring (bicyclic) bond motifs is 4. The molecule has 4 aliphatic carbocycles. The van der Waals surface area contributed by atoms with Gasteiger partial charge in [-0.2, -0.15) is 0 Å². The first-order valence-corrected chi connectivity index (χ1v) is 11.8. The van der Waals surface area contributed by atoms with Crippen molar-refractivity contribution in [1.82, 2.24) is 4.98 Å². The van der Waals surface area contributed by atoms with Gasteiger partial charge in [-0.1, -0.05) is 26.0 Å². The number of pyridine rings is 1. The van der Waals surface area contributed by atoms with E-state index in [2.05, 4.69) is 37.0 Å². The largest absolute Gasteiger partial charge is 0.462 e. The van der Waals surface area contributed by atoms with Crippen LogP contribution in [0.3, 0.4) is 0 Å². The van der Waals surface area contributed by atoms with Crippen LogP contribution in [0.4, 0.5) is 0 Å². The van der Waals surface area contributed by atoms with Gasteiger partial charge >= 0.3 is 5.97 Å². The van der Waals surface area contributed by atoms with Crippen LogP contribution >= 0.6 is 0 Å². The third-order valence-corrected chi connectivity index (χ3v) is 9.93. The molecule has 0 amide bonds. The number of hydrogen-bond acceptors (Lipinski definition) is 4. The highest BCUT2D eigenvalue weighted by Gasteiger charge is 2.76. The van der Waals surface area contributed by atoms with E-state index in [4.69, 9.17) is 9.47 Å². The Morgan fingerprint density at radius 2 is 2.10 bits per heavy atom. The summed E-state index contributed by atoms with van der Waals surface area (Å²) in [5.74, 6) is 2.00.